The highest BCUT2D eigenvalue weighted by molar-refractivity contribution is 5.79. The number of hydrogen-bond donors (Lipinski definition) is 1. The molecular formula is C21H21N5O2. The van der Waals surface area contributed by atoms with E-state index in [4.69, 9.17) is 9.40 Å². The molecule has 1 aliphatic rings. The first-order chi connectivity index (χ1) is 13.7. The zero-order chi connectivity index (χ0) is 19.1. The first-order valence-electron chi connectivity index (χ1n) is 9.60. The van der Waals surface area contributed by atoms with Crippen molar-refractivity contribution in [2.24, 2.45) is 0 Å². The Balaban J connectivity index is 1.56. The lowest BCUT2D eigenvalue weighted by Gasteiger charge is -2.29. The number of benzene rings is 1. The Morgan fingerprint density at radius 2 is 1.96 bits per heavy atom. The van der Waals surface area contributed by atoms with Crippen LogP contribution in [0.2, 0.25) is 0 Å². The van der Waals surface area contributed by atoms with E-state index >= 15 is 0 Å². The van der Waals surface area contributed by atoms with Crippen molar-refractivity contribution in [3.8, 4) is 11.3 Å². The lowest BCUT2D eigenvalue weighted by atomic mass is 10.1. The fourth-order valence-electron chi connectivity index (χ4n) is 3.63. The summed E-state index contributed by atoms with van der Waals surface area (Å²) in [6.07, 6.45) is 2.63. The summed E-state index contributed by atoms with van der Waals surface area (Å²) in [5, 5.41) is 3.34. The number of pyridine rings is 1. The molecule has 4 heterocycles. The molecule has 0 aliphatic carbocycles. The molecule has 4 aromatic rings. The molecule has 1 N–H and O–H groups in total. The van der Waals surface area contributed by atoms with Crippen LogP contribution in [0.4, 0.5) is 5.69 Å². The number of aromatic nitrogens is 3. The maximum atomic E-state index is 12.8. The summed E-state index contributed by atoms with van der Waals surface area (Å²) < 4.78 is 7.36. The topological polar surface area (TPSA) is 75.7 Å². The standard InChI is InChI=1S/C21H21N5O2/c1-2-20-24-16-5-3-14(11-18(16)28-20)17-12-21(27)26-13-15(4-6-19(26)23-17)25-9-7-22-8-10-25/h3-6,11-13,22H,2,7-10H2,1H3. The molecule has 0 amide bonds. The minimum atomic E-state index is -0.0936. The van der Waals surface area contributed by atoms with Crippen molar-refractivity contribution in [1.29, 1.82) is 0 Å². The lowest BCUT2D eigenvalue weighted by molar-refractivity contribution is 0.538. The van der Waals surface area contributed by atoms with E-state index in [0.717, 1.165) is 49.4 Å². The van der Waals surface area contributed by atoms with Crippen LogP contribution < -0.4 is 15.8 Å². The van der Waals surface area contributed by atoms with Gasteiger partial charge in [0.1, 0.15) is 11.2 Å². The number of fused-ring (bicyclic) bond motifs is 2. The average Bonchev–Trinajstić information content (AvgIpc) is 3.16. The van der Waals surface area contributed by atoms with E-state index < -0.39 is 0 Å². The summed E-state index contributed by atoms with van der Waals surface area (Å²) in [6.45, 7) is 5.78. The van der Waals surface area contributed by atoms with Crippen LogP contribution in [-0.4, -0.2) is 40.5 Å². The minimum absolute atomic E-state index is 0.0936. The summed E-state index contributed by atoms with van der Waals surface area (Å²) in [5.74, 6) is 0.708. The second-order valence-electron chi connectivity index (χ2n) is 6.98. The molecule has 1 aromatic carbocycles. The van der Waals surface area contributed by atoms with Gasteiger partial charge < -0.3 is 14.6 Å². The first kappa shape index (κ1) is 16.9. The second-order valence-corrected chi connectivity index (χ2v) is 6.98. The first-order valence-corrected chi connectivity index (χ1v) is 9.60. The van der Waals surface area contributed by atoms with Gasteiger partial charge in [-0.2, -0.15) is 0 Å². The number of oxazole rings is 1. The zero-order valence-corrected chi connectivity index (χ0v) is 15.7. The van der Waals surface area contributed by atoms with Crippen molar-refractivity contribution in [2.45, 2.75) is 13.3 Å². The van der Waals surface area contributed by atoms with Gasteiger partial charge in [0.2, 0.25) is 0 Å². The van der Waals surface area contributed by atoms with Gasteiger partial charge in [-0.05, 0) is 24.3 Å². The molecule has 0 radical (unpaired) electrons. The van der Waals surface area contributed by atoms with Gasteiger partial charge in [0.15, 0.2) is 11.5 Å². The highest BCUT2D eigenvalue weighted by Gasteiger charge is 2.13. The van der Waals surface area contributed by atoms with Gasteiger partial charge in [-0.25, -0.2) is 9.97 Å². The van der Waals surface area contributed by atoms with E-state index in [-0.39, 0.29) is 5.56 Å². The molecule has 5 rings (SSSR count). The summed E-state index contributed by atoms with van der Waals surface area (Å²) in [6, 6.07) is 11.2. The normalized spacial score (nSPS) is 14.8. The maximum Gasteiger partial charge on any atom is 0.258 e. The Kier molecular flexibility index (Phi) is 4.09. The second kappa shape index (κ2) is 6.76. The molecule has 7 heteroatoms. The van der Waals surface area contributed by atoms with Gasteiger partial charge >= 0.3 is 0 Å². The van der Waals surface area contributed by atoms with E-state index in [1.54, 1.807) is 10.5 Å². The third-order valence-corrected chi connectivity index (χ3v) is 5.16. The Bertz CT molecular complexity index is 1220. The molecule has 0 saturated carbocycles. The Morgan fingerprint density at radius 1 is 1.11 bits per heavy atom. The van der Waals surface area contributed by atoms with Crippen LogP contribution in [0.25, 0.3) is 28.0 Å². The van der Waals surface area contributed by atoms with Crippen molar-refractivity contribution >= 4 is 22.4 Å². The molecule has 7 nitrogen and oxygen atoms in total. The van der Waals surface area contributed by atoms with Gasteiger partial charge in [-0.15, -0.1) is 0 Å². The third kappa shape index (κ3) is 2.93. The quantitative estimate of drug-likeness (QED) is 0.593. The highest BCUT2D eigenvalue weighted by atomic mass is 16.3. The largest absolute Gasteiger partial charge is 0.441 e. The molecule has 3 aromatic heterocycles. The minimum Gasteiger partial charge on any atom is -0.441 e. The monoisotopic (exact) mass is 375 g/mol. The Hall–Kier alpha value is -3.19. The van der Waals surface area contributed by atoms with Gasteiger partial charge in [0.25, 0.3) is 5.56 Å². The predicted molar refractivity (Wildman–Crippen MR) is 109 cm³/mol. The molecule has 0 atom stereocenters. The van der Waals surface area contributed by atoms with Gasteiger partial charge in [-0.3, -0.25) is 9.20 Å². The smallest absolute Gasteiger partial charge is 0.258 e. The molecular weight excluding hydrogens is 354 g/mol. The van der Waals surface area contributed by atoms with Crippen molar-refractivity contribution < 1.29 is 4.42 Å². The van der Waals surface area contributed by atoms with E-state index in [1.807, 2.05) is 43.5 Å². The SMILES string of the molecule is CCc1nc2ccc(-c3cc(=O)n4cc(N5CCNCC5)ccc4n3)cc2o1. The average molecular weight is 375 g/mol. The molecule has 142 valence electrons. The van der Waals surface area contributed by atoms with Crippen LogP contribution in [-0.2, 0) is 6.42 Å². The highest BCUT2D eigenvalue weighted by Crippen LogP contribution is 2.24. The van der Waals surface area contributed by atoms with Crippen LogP contribution in [0.15, 0.2) is 51.8 Å². The fourth-order valence-corrected chi connectivity index (χ4v) is 3.63. The molecule has 0 spiro atoms. The summed E-state index contributed by atoms with van der Waals surface area (Å²) in [5.41, 5.74) is 4.59. The van der Waals surface area contributed by atoms with Crippen molar-refractivity contribution in [2.75, 3.05) is 31.1 Å². The van der Waals surface area contributed by atoms with Gasteiger partial charge in [-0.1, -0.05) is 13.0 Å². The third-order valence-electron chi connectivity index (χ3n) is 5.16. The zero-order valence-electron chi connectivity index (χ0n) is 15.7. The maximum absolute atomic E-state index is 12.8. The Labute approximate surface area is 161 Å². The van der Waals surface area contributed by atoms with Crippen molar-refractivity contribution in [1.82, 2.24) is 19.7 Å². The van der Waals surface area contributed by atoms with Crippen LogP contribution in [0.3, 0.4) is 0 Å². The number of anilines is 1. The summed E-state index contributed by atoms with van der Waals surface area (Å²) >= 11 is 0. The van der Waals surface area contributed by atoms with Gasteiger partial charge in [0, 0.05) is 50.4 Å². The number of nitrogens with one attached hydrogen (secondary N) is 1. The molecule has 1 aliphatic heterocycles. The number of nitrogens with zero attached hydrogens (tertiary/aromatic N) is 4. The summed E-state index contributed by atoms with van der Waals surface area (Å²) in [4.78, 5) is 24.2. The van der Waals surface area contributed by atoms with E-state index in [2.05, 4.69) is 15.2 Å². The van der Waals surface area contributed by atoms with Crippen LogP contribution in [0, 0.1) is 0 Å². The fraction of sp³-hybridized carbons (Fsp3) is 0.286. The van der Waals surface area contributed by atoms with E-state index in [1.165, 1.54) is 0 Å². The predicted octanol–water partition coefficient (Wildman–Crippen LogP) is 2.47. The number of aryl methyl sites for hydroxylation is 1. The molecule has 1 saturated heterocycles. The molecule has 0 unspecified atom stereocenters. The van der Waals surface area contributed by atoms with Crippen LogP contribution >= 0.6 is 0 Å². The van der Waals surface area contributed by atoms with E-state index in [0.29, 0.717) is 22.8 Å². The molecule has 28 heavy (non-hydrogen) atoms. The number of piperazine rings is 1. The van der Waals surface area contributed by atoms with Crippen LogP contribution in [0.5, 0.6) is 0 Å². The summed E-state index contributed by atoms with van der Waals surface area (Å²) in [7, 11) is 0. The molecule has 0 bridgehead atoms. The lowest BCUT2D eigenvalue weighted by Crippen LogP contribution is -2.43. The Morgan fingerprint density at radius 3 is 2.79 bits per heavy atom. The molecule has 1 fully saturated rings. The number of hydrogen-bond acceptors (Lipinski definition) is 6. The van der Waals surface area contributed by atoms with Gasteiger partial charge in [0.05, 0.1) is 11.4 Å². The van der Waals surface area contributed by atoms with Crippen molar-refractivity contribution in [3.63, 3.8) is 0 Å². The number of rotatable bonds is 3. The van der Waals surface area contributed by atoms with E-state index in [9.17, 15) is 4.79 Å². The van der Waals surface area contributed by atoms with Crippen molar-refractivity contribution in [3.05, 3.63) is 58.8 Å². The van der Waals surface area contributed by atoms with Crippen LogP contribution in [0.1, 0.15) is 12.8 Å².